The minimum absolute atomic E-state index is 0.0546. The molecule has 0 aromatic heterocycles. The summed E-state index contributed by atoms with van der Waals surface area (Å²) < 4.78 is 12.3. The predicted octanol–water partition coefficient (Wildman–Crippen LogP) is 5.00. The normalized spacial score (nSPS) is 23.5. The number of likely N-dealkylation sites (tertiary alicyclic amines) is 1. The van der Waals surface area contributed by atoms with Crippen molar-refractivity contribution in [1.82, 2.24) is 9.80 Å². The molecule has 7 heteroatoms. The van der Waals surface area contributed by atoms with Gasteiger partial charge < -0.3 is 19.3 Å². The molecule has 33 heavy (non-hydrogen) atoms. The Hall–Kier alpha value is -2.38. The maximum atomic E-state index is 14.0. The van der Waals surface area contributed by atoms with E-state index in [-0.39, 0.29) is 29.9 Å². The second-order valence-corrected chi connectivity index (χ2v) is 10.5. The van der Waals surface area contributed by atoms with Crippen LogP contribution in [0.5, 0.6) is 0 Å². The van der Waals surface area contributed by atoms with Gasteiger partial charge in [0.1, 0.15) is 5.60 Å². The summed E-state index contributed by atoms with van der Waals surface area (Å²) in [4.78, 5) is 30.5. The Labute approximate surface area is 204 Å². The van der Waals surface area contributed by atoms with E-state index < -0.39 is 5.60 Å². The van der Waals surface area contributed by atoms with Crippen molar-refractivity contribution in [2.75, 3.05) is 32.8 Å². The number of amides is 2. The molecule has 176 valence electrons. The van der Waals surface area contributed by atoms with E-state index in [2.05, 4.69) is 15.9 Å². The van der Waals surface area contributed by atoms with Crippen molar-refractivity contribution < 1.29 is 19.1 Å². The number of carbonyl (C=O) groups is 2. The van der Waals surface area contributed by atoms with Gasteiger partial charge >= 0.3 is 6.09 Å². The second kappa shape index (κ2) is 9.85. The minimum Gasteiger partial charge on any atom is -0.444 e. The standard InChI is InChI=1S/C26H31BrN2O4/c1-26(2,3)33-25(31)28-15-20(19-11-7-8-12-22(19)27)21(16-28)24(30)29-13-14-32-17-23(29)18-9-5-4-6-10-18/h4-12,20-21,23H,13-17H2,1-3H3/t20?,21?,23-/m1/s1. The Morgan fingerprint density at radius 2 is 1.73 bits per heavy atom. The molecule has 2 unspecified atom stereocenters. The molecule has 6 nitrogen and oxygen atoms in total. The monoisotopic (exact) mass is 514 g/mol. The number of nitrogens with zero attached hydrogens (tertiary/aromatic N) is 2. The number of halogens is 1. The molecular formula is C26H31BrN2O4. The maximum absolute atomic E-state index is 14.0. The molecule has 2 aromatic carbocycles. The molecule has 2 saturated heterocycles. The molecule has 2 aromatic rings. The average molecular weight is 515 g/mol. The van der Waals surface area contributed by atoms with Crippen molar-refractivity contribution in [1.29, 1.82) is 0 Å². The van der Waals surface area contributed by atoms with Crippen molar-refractivity contribution in [3.63, 3.8) is 0 Å². The van der Waals surface area contributed by atoms with Gasteiger partial charge in [0.25, 0.3) is 0 Å². The summed E-state index contributed by atoms with van der Waals surface area (Å²) in [6, 6.07) is 17.8. The molecule has 0 bridgehead atoms. The maximum Gasteiger partial charge on any atom is 0.410 e. The third-order valence-electron chi connectivity index (χ3n) is 6.19. The summed E-state index contributed by atoms with van der Waals surface area (Å²) in [5.74, 6) is -0.431. The van der Waals surface area contributed by atoms with Gasteiger partial charge in [-0.3, -0.25) is 4.79 Å². The lowest BCUT2D eigenvalue weighted by Crippen LogP contribution is -2.47. The molecule has 2 amide bonds. The summed E-state index contributed by atoms with van der Waals surface area (Å²) in [6.07, 6.45) is -0.378. The molecule has 4 rings (SSSR count). The highest BCUT2D eigenvalue weighted by atomic mass is 79.9. The minimum atomic E-state index is -0.593. The van der Waals surface area contributed by atoms with Gasteiger partial charge in [-0.1, -0.05) is 64.5 Å². The number of morpholine rings is 1. The summed E-state index contributed by atoms with van der Waals surface area (Å²) in [6.45, 7) is 7.85. The molecule has 2 heterocycles. The van der Waals surface area contributed by atoms with E-state index in [1.165, 1.54) is 0 Å². The largest absolute Gasteiger partial charge is 0.444 e. The van der Waals surface area contributed by atoms with Gasteiger partial charge in [0.2, 0.25) is 5.91 Å². The third kappa shape index (κ3) is 5.41. The fourth-order valence-electron chi connectivity index (χ4n) is 4.65. The highest BCUT2D eigenvalue weighted by Gasteiger charge is 2.45. The molecule has 0 spiro atoms. The Balaban J connectivity index is 1.64. The van der Waals surface area contributed by atoms with E-state index in [0.717, 1.165) is 15.6 Å². The number of hydrogen-bond donors (Lipinski definition) is 0. The van der Waals surface area contributed by atoms with E-state index in [1.54, 1.807) is 4.90 Å². The highest BCUT2D eigenvalue weighted by Crippen LogP contribution is 2.39. The van der Waals surface area contributed by atoms with Gasteiger partial charge in [0, 0.05) is 30.0 Å². The summed E-state index contributed by atoms with van der Waals surface area (Å²) in [7, 11) is 0. The first kappa shape index (κ1) is 23.8. The zero-order valence-corrected chi connectivity index (χ0v) is 21.0. The van der Waals surface area contributed by atoms with Crippen molar-refractivity contribution in [3.8, 4) is 0 Å². The lowest BCUT2D eigenvalue weighted by molar-refractivity contribution is -0.144. The lowest BCUT2D eigenvalue weighted by atomic mass is 9.87. The first-order valence-corrected chi connectivity index (χ1v) is 12.2. The van der Waals surface area contributed by atoms with Gasteiger partial charge in [0.15, 0.2) is 0 Å². The first-order chi connectivity index (χ1) is 15.7. The Morgan fingerprint density at radius 1 is 1.03 bits per heavy atom. The Morgan fingerprint density at radius 3 is 2.42 bits per heavy atom. The first-order valence-electron chi connectivity index (χ1n) is 11.4. The van der Waals surface area contributed by atoms with Crippen LogP contribution in [0.4, 0.5) is 4.79 Å². The number of benzene rings is 2. The number of carbonyl (C=O) groups excluding carboxylic acids is 2. The summed E-state index contributed by atoms with van der Waals surface area (Å²) in [5.41, 5.74) is 1.50. The molecule has 0 aliphatic carbocycles. The molecule has 2 aliphatic heterocycles. The summed E-state index contributed by atoms with van der Waals surface area (Å²) >= 11 is 3.65. The van der Waals surface area contributed by atoms with Crippen LogP contribution < -0.4 is 0 Å². The predicted molar refractivity (Wildman–Crippen MR) is 130 cm³/mol. The van der Waals surface area contributed by atoms with Crippen LogP contribution in [0.25, 0.3) is 0 Å². The number of ether oxygens (including phenoxy) is 2. The van der Waals surface area contributed by atoms with Crippen LogP contribution in [0.1, 0.15) is 43.9 Å². The number of hydrogen-bond acceptors (Lipinski definition) is 4. The molecule has 0 saturated carbocycles. The van der Waals surface area contributed by atoms with Crippen LogP contribution in [0.2, 0.25) is 0 Å². The van der Waals surface area contributed by atoms with Gasteiger partial charge in [-0.25, -0.2) is 4.79 Å². The third-order valence-corrected chi connectivity index (χ3v) is 6.91. The van der Waals surface area contributed by atoms with Crippen LogP contribution in [0.3, 0.4) is 0 Å². The Bertz CT molecular complexity index is 991. The van der Waals surface area contributed by atoms with E-state index in [4.69, 9.17) is 9.47 Å². The molecule has 3 atom stereocenters. The smallest absolute Gasteiger partial charge is 0.410 e. The molecule has 0 radical (unpaired) electrons. The van der Waals surface area contributed by atoms with Crippen molar-refractivity contribution in [2.45, 2.75) is 38.3 Å². The zero-order valence-electron chi connectivity index (χ0n) is 19.4. The second-order valence-electron chi connectivity index (χ2n) is 9.65. The lowest BCUT2D eigenvalue weighted by Gasteiger charge is -2.38. The van der Waals surface area contributed by atoms with Crippen LogP contribution in [0, 0.1) is 5.92 Å². The van der Waals surface area contributed by atoms with Crippen LogP contribution in [-0.4, -0.2) is 60.2 Å². The van der Waals surface area contributed by atoms with Crippen molar-refractivity contribution in [2.24, 2.45) is 5.92 Å². The number of rotatable bonds is 3. The van der Waals surface area contributed by atoms with E-state index in [1.807, 2.05) is 80.3 Å². The molecule has 2 fully saturated rings. The van der Waals surface area contributed by atoms with E-state index in [9.17, 15) is 9.59 Å². The van der Waals surface area contributed by atoms with Gasteiger partial charge in [-0.2, -0.15) is 0 Å². The van der Waals surface area contributed by atoms with Crippen LogP contribution >= 0.6 is 15.9 Å². The average Bonchev–Trinajstić information content (AvgIpc) is 3.24. The van der Waals surface area contributed by atoms with E-state index >= 15 is 0 Å². The van der Waals surface area contributed by atoms with Gasteiger partial charge in [-0.15, -0.1) is 0 Å². The summed E-state index contributed by atoms with van der Waals surface area (Å²) in [5, 5.41) is 0. The molecular weight excluding hydrogens is 484 g/mol. The van der Waals surface area contributed by atoms with Gasteiger partial charge in [0.05, 0.1) is 25.2 Å². The fraction of sp³-hybridized carbons (Fsp3) is 0.462. The molecule has 2 aliphatic rings. The zero-order chi connectivity index (χ0) is 23.6. The fourth-order valence-corrected chi connectivity index (χ4v) is 5.23. The Kier molecular flexibility index (Phi) is 7.10. The van der Waals surface area contributed by atoms with Crippen molar-refractivity contribution >= 4 is 27.9 Å². The van der Waals surface area contributed by atoms with Gasteiger partial charge in [-0.05, 0) is 38.0 Å². The quantitative estimate of drug-likeness (QED) is 0.578. The van der Waals surface area contributed by atoms with Crippen LogP contribution in [-0.2, 0) is 14.3 Å². The topological polar surface area (TPSA) is 59.1 Å². The van der Waals surface area contributed by atoms with Crippen molar-refractivity contribution in [3.05, 3.63) is 70.2 Å². The SMILES string of the molecule is CC(C)(C)OC(=O)N1CC(C(=O)N2CCOC[C@@H]2c2ccccc2)C(c2ccccc2Br)C1. The van der Waals surface area contributed by atoms with Crippen LogP contribution in [0.15, 0.2) is 59.1 Å². The molecule has 0 N–H and O–H groups in total. The van der Waals surface area contributed by atoms with E-state index in [0.29, 0.717) is 32.8 Å². The highest BCUT2D eigenvalue weighted by molar-refractivity contribution is 9.10.